The number of anilines is 1. The molecule has 23 heavy (non-hydrogen) atoms. The van der Waals surface area contributed by atoms with Gasteiger partial charge in [0.1, 0.15) is 12.2 Å². The van der Waals surface area contributed by atoms with Crippen LogP contribution in [0.5, 0.6) is 0 Å². The van der Waals surface area contributed by atoms with Gasteiger partial charge in [-0.15, -0.1) is 0 Å². The second-order valence-corrected chi connectivity index (χ2v) is 5.82. The molecule has 0 aliphatic carbocycles. The number of aromatic amines is 1. The number of rotatable bonds is 3. The number of hydrogen-bond donors (Lipinski definition) is 1. The summed E-state index contributed by atoms with van der Waals surface area (Å²) in [5, 5.41) is 0. The second-order valence-electron chi connectivity index (χ2n) is 5.82. The lowest BCUT2D eigenvalue weighted by Crippen LogP contribution is -2.29. The maximum absolute atomic E-state index is 4.46. The fourth-order valence-corrected chi connectivity index (χ4v) is 3.13. The highest BCUT2D eigenvalue weighted by atomic mass is 15.1. The van der Waals surface area contributed by atoms with E-state index >= 15 is 0 Å². The first-order valence-electron chi connectivity index (χ1n) is 8.07. The SMILES string of the molecule is c1c[nH]c(-c2cncnc2-c2ccc(N3CCCCC3)cc2)n1. The average molecular weight is 305 g/mol. The Hall–Kier alpha value is -2.69. The molecule has 2 aromatic heterocycles. The summed E-state index contributed by atoms with van der Waals surface area (Å²) in [5.41, 5.74) is 4.20. The minimum atomic E-state index is 0.792. The minimum Gasteiger partial charge on any atom is -0.372 e. The van der Waals surface area contributed by atoms with Crippen LogP contribution in [0.1, 0.15) is 19.3 Å². The quantitative estimate of drug-likeness (QED) is 0.804. The number of nitrogens with one attached hydrogen (secondary N) is 1. The molecule has 0 spiro atoms. The van der Waals surface area contributed by atoms with Crippen molar-refractivity contribution in [3.05, 3.63) is 49.2 Å². The van der Waals surface area contributed by atoms with Crippen LogP contribution < -0.4 is 4.90 Å². The molecule has 0 amide bonds. The van der Waals surface area contributed by atoms with Crippen LogP contribution in [0.15, 0.2) is 49.2 Å². The fourth-order valence-electron chi connectivity index (χ4n) is 3.13. The predicted molar refractivity (Wildman–Crippen MR) is 91.1 cm³/mol. The van der Waals surface area contributed by atoms with Crippen molar-refractivity contribution in [2.24, 2.45) is 0 Å². The number of piperidine rings is 1. The van der Waals surface area contributed by atoms with E-state index in [1.165, 1.54) is 24.9 Å². The van der Waals surface area contributed by atoms with Crippen molar-refractivity contribution in [2.75, 3.05) is 18.0 Å². The molecule has 116 valence electrons. The Labute approximate surface area is 135 Å². The largest absolute Gasteiger partial charge is 0.372 e. The Morgan fingerprint density at radius 3 is 2.52 bits per heavy atom. The molecule has 0 saturated carbocycles. The molecule has 1 aliphatic rings. The van der Waals surface area contributed by atoms with Gasteiger partial charge in [0.25, 0.3) is 0 Å². The van der Waals surface area contributed by atoms with E-state index < -0.39 is 0 Å². The maximum atomic E-state index is 4.46. The summed E-state index contributed by atoms with van der Waals surface area (Å²) in [7, 11) is 0. The standard InChI is InChI=1S/C18H19N5/c1-2-10-23(11-3-1)15-6-4-14(5-7-15)17-16(12-19-13-22-17)18-20-8-9-21-18/h4-9,12-13H,1-3,10-11H2,(H,20,21). The van der Waals surface area contributed by atoms with E-state index in [1.54, 1.807) is 18.7 Å². The average Bonchev–Trinajstić information content (AvgIpc) is 3.17. The van der Waals surface area contributed by atoms with Crippen LogP contribution in [0.4, 0.5) is 5.69 Å². The number of hydrogen-bond acceptors (Lipinski definition) is 4. The van der Waals surface area contributed by atoms with Crippen LogP contribution >= 0.6 is 0 Å². The zero-order valence-corrected chi connectivity index (χ0v) is 12.9. The Morgan fingerprint density at radius 2 is 1.78 bits per heavy atom. The van der Waals surface area contributed by atoms with Gasteiger partial charge in [-0.1, -0.05) is 12.1 Å². The molecular formula is C18H19N5. The van der Waals surface area contributed by atoms with Gasteiger partial charge in [-0.25, -0.2) is 15.0 Å². The van der Waals surface area contributed by atoms with E-state index in [0.29, 0.717) is 0 Å². The van der Waals surface area contributed by atoms with Crippen molar-refractivity contribution in [1.82, 2.24) is 19.9 Å². The molecule has 1 N–H and O–H groups in total. The number of benzene rings is 1. The summed E-state index contributed by atoms with van der Waals surface area (Å²) in [5.74, 6) is 0.792. The molecule has 4 rings (SSSR count). The lowest BCUT2D eigenvalue weighted by molar-refractivity contribution is 0.578. The van der Waals surface area contributed by atoms with Gasteiger partial charge in [-0.3, -0.25) is 0 Å². The fraction of sp³-hybridized carbons (Fsp3) is 0.278. The van der Waals surface area contributed by atoms with Crippen molar-refractivity contribution in [1.29, 1.82) is 0 Å². The van der Waals surface area contributed by atoms with Gasteiger partial charge in [0.2, 0.25) is 0 Å². The normalized spacial score (nSPS) is 14.9. The highest BCUT2D eigenvalue weighted by molar-refractivity contribution is 5.77. The Balaban J connectivity index is 1.66. The van der Waals surface area contributed by atoms with Crippen molar-refractivity contribution in [3.63, 3.8) is 0 Å². The topological polar surface area (TPSA) is 57.7 Å². The number of nitrogens with zero attached hydrogens (tertiary/aromatic N) is 4. The Morgan fingerprint density at radius 1 is 0.957 bits per heavy atom. The van der Waals surface area contributed by atoms with Crippen molar-refractivity contribution in [2.45, 2.75) is 19.3 Å². The Kier molecular flexibility index (Phi) is 3.76. The number of aromatic nitrogens is 4. The molecule has 1 saturated heterocycles. The lowest BCUT2D eigenvalue weighted by Gasteiger charge is -2.28. The van der Waals surface area contributed by atoms with E-state index in [-0.39, 0.29) is 0 Å². The van der Waals surface area contributed by atoms with Gasteiger partial charge in [-0.05, 0) is 31.4 Å². The third-order valence-electron chi connectivity index (χ3n) is 4.33. The maximum Gasteiger partial charge on any atom is 0.141 e. The van der Waals surface area contributed by atoms with Crippen molar-refractivity contribution >= 4 is 5.69 Å². The van der Waals surface area contributed by atoms with Crippen LogP contribution in [-0.4, -0.2) is 33.0 Å². The van der Waals surface area contributed by atoms with Crippen molar-refractivity contribution < 1.29 is 0 Å². The molecule has 5 heteroatoms. The van der Waals surface area contributed by atoms with Gasteiger partial charge in [0.05, 0.1) is 11.3 Å². The lowest BCUT2D eigenvalue weighted by atomic mass is 10.1. The van der Waals surface area contributed by atoms with E-state index in [2.05, 4.69) is 49.1 Å². The van der Waals surface area contributed by atoms with Gasteiger partial charge in [0, 0.05) is 42.9 Å². The molecule has 3 heterocycles. The van der Waals surface area contributed by atoms with Crippen LogP contribution in [-0.2, 0) is 0 Å². The molecule has 3 aromatic rings. The summed E-state index contributed by atoms with van der Waals surface area (Å²) >= 11 is 0. The highest BCUT2D eigenvalue weighted by Crippen LogP contribution is 2.29. The van der Waals surface area contributed by atoms with Crippen LogP contribution in [0, 0.1) is 0 Å². The number of imidazole rings is 1. The summed E-state index contributed by atoms with van der Waals surface area (Å²) in [6.45, 7) is 2.31. The van der Waals surface area contributed by atoms with E-state index in [4.69, 9.17) is 0 Å². The number of H-pyrrole nitrogens is 1. The van der Waals surface area contributed by atoms with Crippen LogP contribution in [0.3, 0.4) is 0 Å². The summed E-state index contributed by atoms with van der Waals surface area (Å²) in [6, 6.07) is 8.65. The molecule has 0 radical (unpaired) electrons. The third kappa shape index (κ3) is 2.82. The Bertz CT molecular complexity index is 758. The zero-order chi connectivity index (χ0) is 15.5. The molecule has 1 aromatic carbocycles. The first-order valence-corrected chi connectivity index (χ1v) is 8.07. The molecule has 0 atom stereocenters. The van der Waals surface area contributed by atoms with Crippen molar-refractivity contribution in [3.8, 4) is 22.6 Å². The molecule has 5 nitrogen and oxygen atoms in total. The second kappa shape index (κ2) is 6.20. The van der Waals surface area contributed by atoms with Gasteiger partial charge in [-0.2, -0.15) is 0 Å². The van der Waals surface area contributed by atoms with E-state index in [0.717, 1.165) is 35.7 Å². The summed E-state index contributed by atoms with van der Waals surface area (Å²) in [4.78, 5) is 18.5. The van der Waals surface area contributed by atoms with Crippen LogP contribution in [0.25, 0.3) is 22.6 Å². The summed E-state index contributed by atoms with van der Waals surface area (Å²) in [6.07, 6.45) is 10.9. The monoisotopic (exact) mass is 305 g/mol. The smallest absolute Gasteiger partial charge is 0.141 e. The molecule has 1 fully saturated rings. The molecule has 0 bridgehead atoms. The van der Waals surface area contributed by atoms with Gasteiger partial charge in [0.15, 0.2) is 0 Å². The summed E-state index contributed by atoms with van der Waals surface area (Å²) < 4.78 is 0. The van der Waals surface area contributed by atoms with Gasteiger partial charge >= 0.3 is 0 Å². The predicted octanol–water partition coefficient (Wildman–Crippen LogP) is 3.52. The molecular weight excluding hydrogens is 286 g/mol. The van der Waals surface area contributed by atoms with E-state index in [1.807, 2.05) is 6.20 Å². The first kappa shape index (κ1) is 13.9. The molecule has 1 aliphatic heterocycles. The third-order valence-corrected chi connectivity index (χ3v) is 4.33. The molecule has 0 unspecified atom stereocenters. The van der Waals surface area contributed by atoms with E-state index in [9.17, 15) is 0 Å². The van der Waals surface area contributed by atoms with Gasteiger partial charge < -0.3 is 9.88 Å². The minimum absolute atomic E-state index is 0.792. The highest BCUT2D eigenvalue weighted by Gasteiger charge is 2.13. The first-order chi connectivity index (χ1) is 11.4. The zero-order valence-electron chi connectivity index (χ0n) is 12.9. The van der Waals surface area contributed by atoms with Crippen LogP contribution in [0.2, 0.25) is 0 Å².